The first-order valence-electron chi connectivity index (χ1n) is 6.74. The highest BCUT2D eigenvalue weighted by Gasteiger charge is 2.08. The number of amides is 2. The van der Waals surface area contributed by atoms with Crippen LogP contribution in [0.25, 0.3) is 0 Å². The summed E-state index contributed by atoms with van der Waals surface area (Å²) >= 11 is 0. The maximum absolute atomic E-state index is 11.8. The van der Waals surface area contributed by atoms with Crippen LogP contribution in [0.3, 0.4) is 0 Å². The van der Waals surface area contributed by atoms with Crippen LogP contribution in [-0.2, 0) is 0 Å². The summed E-state index contributed by atoms with van der Waals surface area (Å²) < 4.78 is 0. The van der Waals surface area contributed by atoms with E-state index in [1.165, 1.54) is 0 Å². The van der Waals surface area contributed by atoms with E-state index in [1.54, 1.807) is 6.20 Å². The Bertz CT molecular complexity index is 416. The Morgan fingerprint density at radius 3 is 2.50 bits per heavy atom. The van der Waals surface area contributed by atoms with Gasteiger partial charge in [-0.3, -0.25) is 0 Å². The van der Waals surface area contributed by atoms with E-state index in [0.717, 1.165) is 18.8 Å². The molecule has 20 heavy (non-hydrogen) atoms. The number of carbonyl (C=O) groups is 1. The highest BCUT2D eigenvalue weighted by molar-refractivity contribution is 5.89. The lowest BCUT2D eigenvalue weighted by atomic mass is 10.2. The normalized spacial score (nSPS) is 12.1. The Kier molecular flexibility index (Phi) is 6.24. The molecule has 6 nitrogen and oxygen atoms in total. The van der Waals surface area contributed by atoms with Gasteiger partial charge in [-0.2, -0.15) is 0 Å². The van der Waals surface area contributed by atoms with Gasteiger partial charge in [-0.15, -0.1) is 0 Å². The van der Waals surface area contributed by atoms with Gasteiger partial charge in [-0.25, -0.2) is 9.78 Å². The van der Waals surface area contributed by atoms with E-state index in [9.17, 15) is 4.79 Å². The molecule has 6 heteroatoms. The quantitative estimate of drug-likeness (QED) is 0.830. The highest BCUT2D eigenvalue weighted by Crippen LogP contribution is 2.11. The number of nitrogens with zero attached hydrogens (tertiary/aromatic N) is 3. The third kappa shape index (κ3) is 5.88. The van der Waals surface area contributed by atoms with Crippen molar-refractivity contribution in [1.82, 2.24) is 15.2 Å². The second-order valence-corrected chi connectivity index (χ2v) is 5.39. The fourth-order valence-corrected chi connectivity index (χ4v) is 1.64. The molecule has 0 fully saturated rings. The van der Waals surface area contributed by atoms with Gasteiger partial charge in [0.05, 0.1) is 11.9 Å². The maximum Gasteiger partial charge on any atom is 0.319 e. The largest absolute Gasteiger partial charge is 0.363 e. The molecule has 2 N–H and O–H groups in total. The molecule has 0 saturated carbocycles. The number of pyridine rings is 1. The number of carbonyl (C=O) groups excluding carboxylic acids is 1. The van der Waals surface area contributed by atoms with Crippen LogP contribution in [0.4, 0.5) is 16.3 Å². The van der Waals surface area contributed by atoms with E-state index < -0.39 is 0 Å². The van der Waals surface area contributed by atoms with E-state index in [2.05, 4.69) is 20.5 Å². The van der Waals surface area contributed by atoms with Crippen molar-refractivity contribution in [3.63, 3.8) is 0 Å². The van der Waals surface area contributed by atoms with Crippen molar-refractivity contribution in [2.24, 2.45) is 0 Å². The van der Waals surface area contributed by atoms with Gasteiger partial charge in [-0.1, -0.05) is 0 Å². The van der Waals surface area contributed by atoms with Crippen molar-refractivity contribution >= 4 is 17.5 Å². The molecule has 0 aliphatic rings. The topological polar surface area (TPSA) is 60.5 Å². The van der Waals surface area contributed by atoms with Crippen LogP contribution in [0.15, 0.2) is 18.3 Å². The summed E-state index contributed by atoms with van der Waals surface area (Å²) in [6.07, 6.45) is 2.57. The molecule has 0 spiro atoms. The number of aromatic nitrogens is 1. The van der Waals surface area contributed by atoms with Crippen LogP contribution in [0.5, 0.6) is 0 Å². The summed E-state index contributed by atoms with van der Waals surface area (Å²) in [7, 11) is 7.89. The van der Waals surface area contributed by atoms with E-state index in [-0.39, 0.29) is 12.1 Å². The number of rotatable bonds is 6. The molecule has 112 valence electrons. The van der Waals surface area contributed by atoms with Crippen LogP contribution in [-0.4, -0.2) is 56.7 Å². The van der Waals surface area contributed by atoms with E-state index in [4.69, 9.17) is 0 Å². The second-order valence-electron chi connectivity index (χ2n) is 5.39. The van der Waals surface area contributed by atoms with Gasteiger partial charge in [-0.05, 0) is 46.1 Å². The summed E-state index contributed by atoms with van der Waals surface area (Å²) in [4.78, 5) is 20.1. The van der Waals surface area contributed by atoms with Gasteiger partial charge in [0, 0.05) is 20.1 Å². The Morgan fingerprint density at radius 1 is 1.30 bits per heavy atom. The van der Waals surface area contributed by atoms with Crippen LogP contribution in [0, 0.1) is 0 Å². The summed E-state index contributed by atoms with van der Waals surface area (Å²) in [5.41, 5.74) is 0.688. The molecule has 1 heterocycles. The molecule has 0 saturated heterocycles. The molecule has 1 rings (SSSR count). The monoisotopic (exact) mass is 279 g/mol. The maximum atomic E-state index is 11.8. The van der Waals surface area contributed by atoms with Crippen LogP contribution < -0.4 is 15.5 Å². The Labute approximate surface area is 121 Å². The molecule has 0 aromatic carbocycles. The molecule has 2 amide bonds. The first-order chi connectivity index (χ1) is 9.38. The number of urea groups is 1. The zero-order chi connectivity index (χ0) is 15.1. The number of hydrogen-bond donors (Lipinski definition) is 2. The van der Waals surface area contributed by atoms with Crippen LogP contribution in [0.2, 0.25) is 0 Å². The molecule has 0 bridgehead atoms. The molecule has 0 aliphatic heterocycles. The van der Waals surface area contributed by atoms with Gasteiger partial charge in [0.25, 0.3) is 0 Å². The lowest BCUT2D eigenvalue weighted by molar-refractivity contribution is 0.247. The van der Waals surface area contributed by atoms with Crippen molar-refractivity contribution in [2.75, 3.05) is 45.0 Å². The predicted octanol–water partition coefficient (Wildman–Crippen LogP) is 1.61. The van der Waals surface area contributed by atoms with Crippen molar-refractivity contribution in [3.8, 4) is 0 Å². The molecular weight excluding hydrogens is 254 g/mol. The predicted molar refractivity (Wildman–Crippen MR) is 83.4 cm³/mol. The van der Waals surface area contributed by atoms with Gasteiger partial charge in [0.1, 0.15) is 5.82 Å². The van der Waals surface area contributed by atoms with Gasteiger partial charge in [0.2, 0.25) is 0 Å². The van der Waals surface area contributed by atoms with Gasteiger partial charge >= 0.3 is 6.03 Å². The van der Waals surface area contributed by atoms with Gasteiger partial charge < -0.3 is 20.4 Å². The molecular formula is C14H25N5O. The second kappa shape index (κ2) is 7.69. The molecule has 1 aromatic heterocycles. The lowest BCUT2D eigenvalue weighted by Crippen LogP contribution is -2.37. The lowest BCUT2D eigenvalue weighted by Gasteiger charge is -2.17. The standard InChI is InChI=1S/C14H25N5O/c1-11(8-9-18(2)3)16-14(20)17-12-6-7-13(15-10-12)19(4)5/h6-7,10-11H,8-9H2,1-5H3,(H2,16,17,20). The van der Waals surface area contributed by atoms with Crippen molar-refractivity contribution in [3.05, 3.63) is 18.3 Å². The third-order valence-electron chi connectivity index (χ3n) is 2.85. The SMILES string of the molecule is CC(CCN(C)C)NC(=O)Nc1ccc(N(C)C)nc1. The molecule has 0 radical (unpaired) electrons. The zero-order valence-corrected chi connectivity index (χ0v) is 13.0. The third-order valence-corrected chi connectivity index (χ3v) is 2.85. The summed E-state index contributed by atoms with van der Waals surface area (Å²) in [5, 5.41) is 5.69. The summed E-state index contributed by atoms with van der Waals surface area (Å²) in [6.45, 7) is 2.94. The molecule has 0 aliphatic carbocycles. The summed E-state index contributed by atoms with van der Waals surface area (Å²) in [5.74, 6) is 0.857. The Morgan fingerprint density at radius 2 is 2.00 bits per heavy atom. The molecule has 1 atom stereocenters. The van der Waals surface area contributed by atoms with E-state index in [0.29, 0.717) is 5.69 Å². The Hall–Kier alpha value is -1.82. The minimum absolute atomic E-state index is 0.131. The molecule has 1 aromatic rings. The van der Waals surface area contributed by atoms with Gasteiger partial charge in [0.15, 0.2) is 0 Å². The van der Waals surface area contributed by atoms with Crippen molar-refractivity contribution in [1.29, 1.82) is 0 Å². The smallest absolute Gasteiger partial charge is 0.319 e. The first kappa shape index (κ1) is 16.2. The number of anilines is 2. The summed E-state index contributed by atoms with van der Waals surface area (Å²) in [6, 6.07) is 3.64. The van der Waals surface area contributed by atoms with E-state index in [1.807, 2.05) is 52.1 Å². The van der Waals surface area contributed by atoms with Crippen molar-refractivity contribution in [2.45, 2.75) is 19.4 Å². The molecule has 1 unspecified atom stereocenters. The fraction of sp³-hybridized carbons (Fsp3) is 0.571. The van der Waals surface area contributed by atoms with E-state index >= 15 is 0 Å². The fourth-order valence-electron chi connectivity index (χ4n) is 1.64. The van der Waals surface area contributed by atoms with Crippen LogP contribution in [0.1, 0.15) is 13.3 Å². The van der Waals surface area contributed by atoms with Crippen molar-refractivity contribution < 1.29 is 4.79 Å². The highest BCUT2D eigenvalue weighted by atomic mass is 16.2. The minimum atomic E-state index is -0.198. The first-order valence-corrected chi connectivity index (χ1v) is 6.74. The average molecular weight is 279 g/mol. The van der Waals surface area contributed by atoms with Crippen LogP contribution >= 0.6 is 0 Å². The Balaban J connectivity index is 2.41. The average Bonchev–Trinajstić information content (AvgIpc) is 2.36. The number of hydrogen-bond acceptors (Lipinski definition) is 4. The minimum Gasteiger partial charge on any atom is -0.363 e. The zero-order valence-electron chi connectivity index (χ0n) is 13.0. The number of nitrogens with one attached hydrogen (secondary N) is 2.